The zero-order valence-electron chi connectivity index (χ0n) is 15.4. The Bertz CT molecular complexity index is 638. The summed E-state index contributed by atoms with van der Waals surface area (Å²) in [6, 6.07) is 8.22. The lowest BCUT2D eigenvalue weighted by Gasteiger charge is -2.53. The number of anilines is 1. The van der Waals surface area contributed by atoms with Crippen LogP contribution in [0.5, 0.6) is 5.75 Å². The Morgan fingerprint density at radius 2 is 1.81 bits per heavy atom. The van der Waals surface area contributed by atoms with Gasteiger partial charge in [-0.3, -0.25) is 4.90 Å². The van der Waals surface area contributed by atoms with Crippen LogP contribution in [0.2, 0.25) is 0 Å². The van der Waals surface area contributed by atoms with Gasteiger partial charge in [0.25, 0.3) is 0 Å². The fourth-order valence-electron chi connectivity index (χ4n) is 4.15. The maximum Gasteiger partial charge on any atom is 0.321 e. The van der Waals surface area contributed by atoms with Gasteiger partial charge in [0.2, 0.25) is 0 Å². The minimum absolute atomic E-state index is 0.0330. The second-order valence-corrected chi connectivity index (χ2v) is 7.32. The molecule has 4 atom stereocenters. The Balaban J connectivity index is 1.46. The highest BCUT2D eigenvalue weighted by Gasteiger charge is 2.43. The van der Waals surface area contributed by atoms with E-state index in [4.69, 9.17) is 14.2 Å². The first-order valence-corrected chi connectivity index (χ1v) is 9.33. The van der Waals surface area contributed by atoms with Crippen LogP contribution in [0.3, 0.4) is 0 Å². The molecule has 7 nitrogen and oxygen atoms in total. The molecule has 3 fully saturated rings. The van der Waals surface area contributed by atoms with Gasteiger partial charge in [-0.25, -0.2) is 4.79 Å². The number of hydrogen-bond donors (Lipinski definition) is 1. The molecule has 0 spiro atoms. The third-order valence-corrected chi connectivity index (χ3v) is 5.66. The Morgan fingerprint density at radius 1 is 1.12 bits per heavy atom. The maximum atomic E-state index is 12.9. The maximum absolute atomic E-state index is 12.9. The van der Waals surface area contributed by atoms with Crippen LogP contribution in [0.4, 0.5) is 10.5 Å². The van der Waals surface area contributed by atoms with E-state index in [0.717, 1.165) is 30.9 Å². The fourth-order valence-corrected chi connectivity index (χ4v) is 4.15. The van der Waals surface area contributed by atoms with Crippen molar-refractivity contribution >= 4 is 11.7 Å². The molecule has 0 radical (unpaired) electrons. The first-order valence-electron chi connectivity index (χ1n) is 9.33. The Morgan fingerprint density at radius 3 is 2.46 bits per heavy atom. The lowest BCUT2D eigenvalue weighted by Crippen LogP contribution is -2.66. The SMILES string of the molecule is COc1ccc(NC(=O)N2CC3OCCO[C@H]3CN3[C@H](C[C@H]3C)C2)cc1. The van der Waals surface area contributed by atoms with Crippen molar-refractivity contribution in [3.05, 3.63) is 24.3 Å². The molecule has 0 aliphatic carbocycles. The van der Waals surface area contributed by atoms with Gasteiger partial charge in [0.05, 0.1) is 33.0 Å². The van der Waals surface area contributed by atoms with Crippen LogP contribution in [-0.2, 0) is 9.47 Å². The van der Waals surface area contributed by atoms with E-state index in [9.17, 15) is 4.79 Å². The summed E-state index contributed by atoms with van der Waals surface area (Å²) in [4.78, 5) is 17.2. The summed E-state index contributed by atoms with van der Waals surface area (Å²) in [5.41, 5.74) is 0.758. The largest absolute Gasteiger partial charge is 0.497 e. The molecule has 1 aromatic carbocycles. The van der Waals surface area contributed by atoms with E-state index >= 15 is 0 Å². The smallest absolute Gasteiger partial charge is 0.321 e. The van der Waals surface area contributed by atoms with Crippen LogP contribution < -0.4 is 10.1 Å². The number of nitrogens with zero attached hydrogens (tertiary/aromatic N) is 2. The molecule has 142 valence electrons. The van der Waals surface area contributed by atoms with Crippen LogP contribution in [0.25, 0.3) is 0 Å². The van der Waals surface area contributed by atoms with Gasteiger partial charge in [-0.2, -0.15) is 0 Å². The molecule has 26 heavy (non-hydrogen) atoms. The van der Waals surface area contributed by atoms with Crippen molar-refractivity contribution in [2.45, 2.75) is 37.6 Å². The van der Waals surface area contributed by atoms with Gasteiger partial charge in [-0.1, -0.05) is 0 Å². The van der Waals surface area contributed by atoms with Crippen molar-refractivity contribution < 1.29 is 19.0 Å². The average Bonchev–Trinajstić information content (AvgIpc) is 2.65. The molecule has 3 saturated heterocycles. The summed E-state index contributed by atoms with van der Waals surface area (Å²) in [6.07, 6.45) is 1.08. The topological polar surface area (TPSA) is 63.3 Å². The minimum atomic E-state index is -0.0931. The number of amides is 2. The lowest BCUT2D eigenvalue weighted by molar-refractivity contribution is -0.173. The van der Waals surface area contributed by atoms with Crippen molar-refractivity contribution in [2.24, 2.45) is 0 Å². The number of rotatable bonds is 2. The summed E-state index contributed by atoms with van der Waals surface area (Å²) in [6.45, 7) is 5.63. The molecule has 7 heteroatoms. The van der Waals surface area contributed by atoms with E-state index in [1.165, 1.54) is 0 Å². The molecule has 3 heterocycles. The van der Waals surface area contributed by atoms with E-state index in [0.29, 0.717) is 31.8 Å². The van der Waals surface area contributed by atoms with Crippen LogP contribution in [-0.4, -0.2) is 80.1 Å². The number of nitrogens with one attached hydrogen (secondary N) is 1. The number of ether oxygens (including phenoxy) is 3. The van der Waals surface area contributed by atoms with Crippen molar-refractivity contribution in [1.82, 2.24) is 9.80 Å². The molecule has 1 N–H and O–H groups in total. The number of fused-ring (bicyclic) bond motifs is 2. The summed E-state index contributed by atoms with van der Waals surface area (Å²) in [5, 5.41) is 2.99. The molecular formula is C19H27N3O4. The van der Waals surface area contributed by atoms with Crippen molar-refractivity contribution in [1.29, 1.82) is 0 Å². The number of benzene rings is 1. The van der Waals surface area contributed by atoms with Gasteiger partial charge < -0.3 is 24.4 Å². The van der Waals surface area contributed by atoms with Crippen LogP contribution >= 0.6 is 0 Å². The first kappa shape index (κ1) is 17.6. The molecule has 0 aromatic heterocycles. The van der Waals surface area contributed by atoms with Crippen LogP contribution in [0, 0.1) is 0 Å². The zero-order chi connectivity index (χ0) is 18.1. The number of urea groups is 1. The van der Waals surface area contributed by atoms with E-state index in [1.54, 1.807) is 7.11 Å². The van der Waals surface area contributed by atoms with Gasteiger partial charge in [0, 0.05) is 30.9 Å². The molecule has 3 aliphatic rings. The molecular weight excluding hydrogens is 334 g/mol. The number of methoxy groups -OCH3 is 1. The molecule has 0 bridgehead atoms. The molecule has 4 rings (SSSR count). The van der Waals surface area contributed by atoms with Crippen molar-refractivity contribution in [3.63, 3.8) is 0 Å². The average molecular weight is 361 g/mol. The number of carbonyl (C=O) groups excluding carboxylic acids is 1. The third-order valence-electron chi connectivity index (χ3n) is 5.66. The normalized spacial score (nSPS) is 31.7. The Kier molecular flexibility index (Phi) is 5.02. The molecule has 1 unspecified atom stereocenters. The van der Waals surface area contributed by atoms with E-state index in [-0.39, 0.29) is 18.2 Å². The van der Waals surface area contributed by atoms with Gasteiger partial charge in [0.15, 0.2) is 0 Å². The predicted molar refractivity (Wildman–Crippen MR) is 97.6 cm³/mol. The van der Waals surface area contributed by atoms with Gasteiger partial charge in [-0.05, 0) is 37.6 Å². The second-order valence-electron chi connectivity index (χ2n) is 7.32. The van der Waals surface area contributed by atoms with Gasteiger partial charge in [0.1, 0.15) is 11.9 Å². The van der Waals surface area contributed by atoms with Gasteiger partial charge in [-0.15, -0.1) is 0 Å². The van der Waals surface area contributed by atoms with Crippen LogP contribution in [0.15, 0.2) is 24.3 Å². The fraction of sp³-hybridized carbons (Fsp3) is 0.632. The third kappa shape index (κ3) is 3.51. The molecule has 0 saturated carbocycles. The summed E-state index contributed by atoms with van der Waals surface area (Å²) in [7, 11) is 1.63. The Labute approximate surface area is 154 Å². The summed E-state index contributed by atoms with van der Waals surface area (Å²) >= 11 is 0. The highest BCUT2D eigenvalue weighted by molar-refractivity contribution is 5.89. The van der Waals surface area contributed by atoms with E-state index < -0.39 is 0 Å². The van der Waals surface area contributed by atoms with Gasteiger partial charge >= 0.3 is 6.03 Å². The highest BCUT2D eigenvalue weighted by Crippen LogP contribution is 2.30. The van der Waals surface area contributed by atoms with Crippen molar-refractivity contribution in [2.75, 3.05) is 45.3 Å². The van der Waals surface area contributed by atoms with Crippen molar-refractivity contribution in [3.8, 4) is 5.75 Å². The summed E-state index contributed by atoms with van der Waals surface area (Å²) in [5.74, 6) is 0.768. The monoisotopic (exact) mass is 361 g/mol. The summed E-state index contributed by atoms with van der Waals surface area (Å²) < 4.78 is 17.0. The predicted octanol–water partition coefficient (Wildman–Crippen LogP) is 1.79. The number of hydrogen-bond acceptors (Lipinski definition) is 5. The lowest BCUT2D eigenvalue weighted by atomic mass is 9.91. The quantitative estimate of drug-likeness (QED) is 0.870. The first-order chi connectivity index (χ1) is 12.6. The highest BCUT2D eigenvalue weighted by atomic mass is 16.6. The molecule has 3 aliphatic heterocycles. The minimum Gasteiger partial charge on any atom is -0.497 e. The van der Waals surface area contributed by atoms with Crippen LogP contribution in [0.1, 0.15) is 13.3 Å². The standard InChI is InChI=1S/C19H27N3O4/c1-13-9-15-10-21(11-17-18(12-22(13)15)26-8-7-25-17)19(23)20-14-3-5-16(24-2)6-4-14/h3-6,13,15,17-18H,7-12H2,1-2H3,(H,20,23)/t13-,15-,17?,18+/m1/s1. The molecule has 2 amide bonds. The van der Waals surface area contributed by atoms with E-state index in [2.05, 4.69) is 17.1 Å². The zero-order valence-corrected chi connectivity index (χ0v) is 15.4. The van der Waals surface area contributed by atoms with E-state index in [1.807, 2.05) is 29.2 Å². The number of carbonyl (C=O) groups is 1. The Hall–Kier alpha value is -1.83. The second kappa shape index (κ2) is 7.42. The molecule has 1 aromatic rings.